The van der Waals surface area contributed by atoms with Gasteiger partial charge in [-0.15, -0.1) is 0 Å². The van der Waals surface area contributed by atoms with Gasteiger partial charge in [0.15, 0.2) is 0 Å². The first-order valence-corrected chi connectivity index (χ1v) is 7.66. The Morgan fingerprint density at radius 2 is 1.40 bits per heavy atom. The Balaban J connectivity index is 2.59. The molecule has 2 aromatic carbocycles. The van der Waals surface area contributed by atoms with Crippen LogP contribution in [0.1, 0.15) is 61.8 Å². The first-order chi connectivity index (χ1) is 9.52. The molecular formula is C20H26. The van der Waals surface area contributed by atoms with Crippen LogP contribution in [0.25, 0.3) is 0 Å². The van der Waals surface area contributed by atoms with Crippen LogP contribution in [0.5, 0.6) is 0 Å². The van der Waals surface area contributed by atoms with Gasteiger partial charge in [0.05, 0.1) is 0 Å². The van der Waals surface area contributed by atoms with Crippen LogP contribution in [0.3, 0.4) is 0 Å². The molecule has 2 rings (SSSR count). The van der Waals surface area contributed by atoms with E-state index in [0.29, 0.717) is 17.8 Å². The van der Waals surface area contributed by atoms with E-state index in [4.69, 9.17) is 0 Å². The molecule has 0 aliphatic heterocycles. The van der Waals surface area contributed by atoms with Crippen LogP contribution < -0.4 is 0 Å². The van der Waals surface area contributed by atoms with Crippen LogP contribution in [-0.2, 0) is 0 Å². The van der Waals surface area contributed by atoms with E-state index in [1.807, 2.05) is 0 Å². The smallest absolute Gasteiger partial charge is 0.0115 e. The predicted molar refractivity (Wildman–Crippen MR) is 88.4 cm³/mol. The molecule has 0 aliphatic carbocycles. The summed E-state index contributed by atoms with van der Waals surface area (Å²) in [5.41, 5.74) is 5.87. The molecule has 2 aromatic rings. The Bertz CT molecular complexity index is 550. The number of hydrogen-bond acceptors (Lipinski definition) is 0. The SMILES string of the molecule is Cc1cccc(C(c2ccccc2)C(C)C)c1C(C)C. The van der Waals surface area contributed by atoms with Crippen molar-refractivity contribution in [3.63, 3.8) is 0 Å². The van der Waals surface area contributed by atoms with E-state index >= 15 is 0 Å². The first kappa shape index (κ1) is 14.8. The quantitative estimate of drug-likeness (QED) is 0.645. The van der Waals surface area contributed by atoms with Crippen LogP contribution >= 0.6 is 0 Å². The second kappa shape index (κ2) is 6.26. The van der Waals surface area contributed by atoms with Crippen molar-refractivity contribution in [1.29, 1.82) is 0 Å². The minimum absolute atomic E-state index is 0.480. The molecule has 0 aliphatic rings. The minimum Gasteiger partial charge on any atom is -0.0622 e. The van der Waals surface area contributed by atoms with E-state index in [1.165, 1.54) is 22.3 Å². The zero-order valence-electron chi connectivity index (χ0n) is 13.4. The molecule has 0 spiro atoms. The third kappa shape index (κ3) is 2.95. The summed E-state index contributed by atoms with van der Waals surface area (Å²) < 4.78 is 0. The van der Waals surface area contributed by atoms with Crippen molar-refractivity contribution in [2.75, 3.05) is 0 Å². The van der Waals surface area contributed by atoms with Gasteiger partial charge in [-0.25, -0.2) is 0 Å². The van der Waals surface area contributed by atoms with E-state index in [9.17, 15) is 0 Å². The van der Waals surface area contributed by atoms with Gasteiger partial charge in [0.1, 0.15) is 0 Å². The number of benzene rings is 2. The fourth-order valence-electron chi connectivity index (χ4n) is 3.35. The molecule has 0 bridgehead atoms. The maximum atomic E-state index is 2.32. The van der Waals surface area contributed by atoms with Gasteiger partial charge in [0.25, 0.3) is 0 Å². The van der Waals surface area contributed by atoms with Crippen molar-refractivity contribution < 1.29 is 0 Å². The predicted octanol–water partition coefficient (Wildman–Crippen LogP) is 5.91. The molecule has 0 amide bonds. The fraction of sp³-hybridized carbons (Fsp3) is 0.400. The molecule has 0 N–H and O–H groups in total. The number of aryl methyl sites for hydroxylation is 1. The first-order valence-electron chi connectivity index (χ1n) is 7.66. The van der Waals surface area contributed by atoms with Crippen LogP contribution in [0.15, 0.2) is 48.5 Å². The monoisotopic (exact) mass is 266 g/mol. The standard InChI is InChI=1S/C20H26/c1-14(2)19-16(5)10-9-13-18(19)20(15(3)4)17-11-7-6-8-12-17/h6-15,20H,1-5H3. The summed E-state index contributed by atoms with van der Waals surface area (Å²) in [7, 11) is 0. The molecular weight excluding hydrogens is 240 g/mol. The van der Waals surface area contributed by atoms with Crippen LogP contribution in [0.4, 0.5) is 0 Å². The summed E-state index contributed by atoms with van der Waals surface area (Å²) in [4.78, 5) is 0. The second-order valence-electron chi connectivity index (χ2n) is 6.36. The zero-order valence-corrected chi connectivity index (χ0v) is 13.4. The third-order valence-corrected chi connectivity index (χ3v) is 4.10. The lowest BCUT2D eigenvalue weighted by Gasteiger charge is -2.27. The zero-order chi connectivity index (χ0) is 14.7. The maximum Gasteiger partial charge on any atom is 0.0115 e. The highest BCUT2D eigenvalue weighted by Crippen LogP contribution is 2.37. The third-order valence-electron chi connectivity index (χ3n) is 4.10. The Labute approximate surface area is 123 Å². The molecule has 1 atom stereocenters. The lowest BCUT2D eigenvalue weighted by Crippen LogP contribution is -2.12. The number of hydrogen-bond donors (Lipinski definition) is 0. The van der Waals surface area contributed by atoms with Crippen molar-refractivity contribution in [3.05, 3.63) is 70.8 Å². The molecule has 0 nitrogen and oxygen atoms in total. The summed E-state index contributed by atoms with van der Waals surface area (Å²) in [6.07, 6.45) is 0. The Kier molecular flexibility index (Phi) is 4.65. The second-order valence-corrected chi connectivity index (χ2v) is 6.36. The average molecular weight is 266 g/mol. The highest BCUT2D eigenvalue weighted by atomic mass is 14.3. The summed E-state index contributed by atoms with van der Waals surface area (Å²) in [5.74, 6) is 1.64. The van der Waals surface area contributed by atoms with Gasteiger partial charge in [-0.1, -0.05) is 76.2 Å². The van der Waals surface area contributed by atoms with E-state index in [0.717, 1.165) is 0 Å². The van der Waals surface area contributed by atoms with Gasteiger partial charge in [-0.05, 0) is 41.0 Å². The van der Waals surface area contributed by atoms with Crippen molar-refractivity contribution >= 4 is 0 Å². The summed E-state index contributed by atoms with van der Waals surface area (Å²) >= 11 is 0. The highest BCUT2D eigenvalue weighted by molar-refractivity contribution is 5.43. The Morgan fingerprint density at radius 1 is 0.750 bits per heavy atom. The van der Waals surface area contributed by atoms with Crippen molar-refractivity contribution in [1.82, 2.24) is 0 Å². The molecule has 0 fully saturated rings. The largest absolute Gasteiger partial charge is 0.0622 e. The molecule has 20 heavy (non-hydrogen) atoms. The molecule has 0 aromatic heterocycles. The van der Waals surface area contributed by atoms with Crippen LogP contribution in [0, 0.1) is 12.8 Å². The topological polar surface area (TPSA) is 0 Å². The van der Waals surface area contributed by atoms with E-state index in [2.05, 4.69) is 83.1 Å². The summed E-state index contributed by atoms with van der Waals surface area (Å²) in [5, 5.41) is 0. The van der Waals surface area contributed by atoms with Gasteiger partial charge < -0.3 is 0 Å². The van der Waals surface area contributed by atoms with Gasteiger partial charge in [-0.2, -0.15) is 0 Å². The molecule has 0 saturated carbocycles. The van der Waals surface area contributed by atoms with Gasteiger partial charge in [0.2, 0.25) is 0 Å². The number of rotatable bonds is 4. The molecule has 106 valence electrons. The van der Waals surface area contributed by atoms with Gasteiger partial charge in [0, 0.05) is 5.92 Å². The highest BCUT2D eigenvalue weighted by Gasteiger charge is 2.22. The normalized spacial score (nSPS) is 12.9. The van der Waals surface area contributed by atoms with Crippen molar-refractivity contribution in [3.8, 4) is 0 Å². The summed E-state index contributed by atoms with van der Waals surface area (Å²) in [6, 6.07) is 17.7. The Morgan fingerprint density at radius 3 is 1.95 bits per heavy atom. The summed E-state index contributed by atoms with van der Waals surface area (Å²) in [6.45, 7) is 11.5. The fourth-order valence-corrected chi connectivity index (χ4v) is 3.35. The molecule has 0 heteroatoms. The van der Waals surface area contributed by atoms with Crippen LogP contribution in [0.2, 0.25) is 0 Å². The van der Waals surface area contributed by atoms with Crippen molar-refractivity contribution in [2.45, 2.75) is 46.5 Å². The lowest BCUT2D eigenvalue weighted by molar-refractivity contribution is 0.556. The van der Waals surface area contributed by atoms with Crippen LogP contribution in [-0.4, -0.2) is 0 Å². The maximum absolute atomic E-state index is 2.32. The molecule has 0 heterocycles. The van der Waals surface area contributed by atoms with Gasteiger partial charge >= 0.3 is 0 Å². The van der Waals surface area contributed by atoms with E-state index in [-0.39, 0.29) is 0 Å². The average Bonchev–Trinajstić information content (AvgIpc) is 2.39. The molecule has 1 unspecified atom stereocenters. The van der Waals surface area contributed by atoms with E-state index < -0.39 is 0 Å². The van der Waals surface area contributed by atoms with E-state index in [1.54, 1.807) is 0 Å². The Hall–Kier alpha value is -1.56. The molecule has 0 radical (unpaired) electrons. The molecule has 0 saturated heterocycles. The van der Waals surface area contributed by atoms with Gasteiger partial charge in [-0.3, -0.25) is 0 Å². The van der Waals surface area contributed by atoms with Crippen molar-refractivity contribution in [2.24, 2.45) is 5.92 Å². The lowest BCUT2D eigenvalue weighted by atomic mass is 9.77. The minimum atomic E-state index is 0.480.